The summed E-state index contributed by atoms with van der Waals surface area (Å²) in [6, 6.07) is 11.5. The molecule has 0 aliphatic carbocycles. The summed E-state index contributed by atoms with van der Waals surface area (Å²) in [5.74, 6) is 0.955. The van der Waals surface area contributed by atoms with Gasteiger partial charge in [-0.05, 0) is 19.1 Å². The molecular formula is C18H19NO4S. The Labute approximate surface area is 142 Å². The van der Waals surface area contributed by atoms with Gasteiger partial charge in [0.15, 0.2) is 0 Å². The number of benzene rings is 2. The van der Waals surface area contributed by atoms with Crippen molar-refractivity contribution >= 4 is 15.7 Å². The van der Waals surface area contributed by atoms with Crippen LogP contribution in [0.25, 0.3) is 0 Å². The number of hydrogen-bond donors (Lipinski definition) is 0. The van der Waals surface area contributed by atoms with E-state index in [1.807, 2.05) is 6.92 Å². The van der Waals surface area contributed by atoms with Gasteiger partial charge in [0.2, 0.25) is 0 Å². The molecule has 0 bridgehead atoms. The number of ether oxygens (including phenoxy) is 2. The number of rotatable bonds is 6. The standard InChI is InChI=1S/C18H19NO4S/c1-5-10-19(15-11-16(22-3)13-17(12-15)23-4)24(20,21)18-8-6-14(2)7-9-18/h6-13H,1H2,2-4H3. The predicted molar refractivity (Wildman–Crippen MR) is 94.1 cm³/mol. The Hall–Kier alpha value is -2.69. The van der Waals surface area contributed by atoms with Crippen LogP contribution in [0.3, 0.4) is 0 Å². The van der Waals surface area contributed by atoms with Crippen LogP contribution >= 0.6 is 0 Å². The fourth-order valence-electron chi connectivity index (χ4n) is 2.11. The molecule has 0 fully saturated rings. The smallest absolute Gasteiger partial charge is 0.268 e. The van der Waals surface area contributed by atoms with Gasteiger partial charge in [0.05, 0.1) is 31.0 Å². The highest BCUT2D eigenvalue weighted by atomic mass is 32.2. The van der Waals surface area contributed by atoms with Crippen molar-refractivity contribution in [3.8, 4) is 11.5 Å². The van der Waals surface area contributed by atoms with Crippen LogP contribution in [0.15, 0.2) is 65.9 Å². The minimum Gasteiger partial charge on any atom is -0.497 e. The van der Waals surface area contributed by atoms with Gasteiger partial charge in [0, 0.05) is 18.2 Å². The number of sulfonamides is 1. The fraction of sp³-hybridized carbons (Fsp3) is 0.167. The lowest BCUT2D eigenvalue weighted by Crippen LogP contribution is -2.25. The first kappa shape index (κ1) is 17.7. The van der Waals surface area contributed by atoms with Crippen LogP contribution in [-0.2, 0) is 10.0 Å². The molecule has 0 heterocycles. The van der Waals surface area contributed by atoms with Gasteiger partial charge in [-0.25, -0.2) is 12.7 Å². The van der Waals surface area contributed by atoms with E-state index < -0.39 is 10.0 Å². The summed E-state index contributed by atoms with van der Waals surface area (Å²) in [6.45, 7) is 5.38. The van der Waals surface area contributed by atoms with E-state index in [0.29, 0.717) is 17.2 Å². The highest BCUT2D eigenvalue weighted by Crippen LogP contribution is 2.32. The maximum Gasteiger partial charge on any atom is 0.268 e. The molecule has 0 aromatic heterocycles. The molecule has 24 heavy (non-hydrogen) atoms. The predicted octanol–water partition coefficient (Wildman–Crippen LogP) is 3.51. The van der Waals surface area contributed by atoms with Gasteiger partial charge in [0.1, 0.15) is 11.5 Å². The molecule has 0 N–H and O–H groups in total. The van der Waals surface area contributed by atoms with Crippen LogP contribution in [0.2, 0.25) is 0 Å². The largest absolute Gasteiger partial charge is 0.497 e. The minimum absolute atomic E-state index is 0.168. The molecule has 5 nitrogen and oxygen atoms in total. The Morgan fingerprint density at radius 3 is 2.04 bits per heavy atom. The zero-order valence-corrected chi connectivity index (χ0v) is 14.6. The van der Waals surface area contributed by atoms with Crippen molar-refractivity contribution in [3.05, 3.63) is 66.5 Å². The quantitative estimate of drug-likeness (QED) is 0.752. The van der Waals surface area contributed by atoms with Crippen molar-refractivity contribution in [2.45, 2.75) is 11.8 Å². The maximum atomic E-state index is 13.0. The number of anilines is 1. The van der Waals surface area contributed by atoms with Crippen molar-refractivity contribution in [2.24, 2.45) is 0 Å². The van der Waals surface area contributed by atoms with Crippen molar-refractivity contribution in [2.75, 3.05) is 18.5 Å². The average Bonchev–Trinajstić information content (AvgIpc) is 2.59. The fourth-order valence-corrected chi connectivity index (χ4v) is 3.41. The first-order valence-electron chi connectivity index (χ1n) is 7.12. The van der Waals surface area contributed by atoms with E-state index in [2.05, 4.69) is 12.3 Å². The summed E-state index contributed by atoms with van der Waals surface area (Å²) in [6.07, 6.45) is 1.27. The van der Waals surface area contributed by atoms with Crippen molar-refractivity contribution in [3.63, 3.8) is 0 Å². The van der Waals surface area contributed by atoms with E-state index in [1.165, 1.54) is 20.4 Å². The van der Waals surface area contributed by atoms with E-state index in [4.69, 9.17) is 9.47 Å². The van der Waals surface area contributed by atoms with Gasteiger partial charge in [-0.15, -0.1) is 5.73 Å². The second kappa shape index (κ2) is 7.25. The van der Waals surface area contributed by atoms with Crippen LogP contribution in [0.1, 0.15) is 5.56 Å². The molecule has 0 aliphatic rings. The van der Waals surface area contributed by atoms with Crippen molar-refractivity contribution in [1.29, 1.82) is 0 Å². The zero-order valence-electron chi connectivity index (χ0n) is 13.8. The number of methoxy groups -OCH3 is 2. The molecule has 0 aliphatic heterocycles. The topological polar surface area (TPSA) is 55.8 Å². The molecule has 2 aromatic carbocycles. The third kappa shape index (κ3) is 3.62. The van der Waals surface area contributed by atoms with Gasteiger partial charge in [-0.3, -0.25) is 0 Å². The van der Waals surface area contributed by atoms with Gasteiger partial charge in [0.25, 0.3) is 10.0 Å². The average molecular weight is 345 g/mol. The molecule has 0 radical (unpaired) electrons. The Morgan fingerprint density at radius 2 is 1.58 bits per heavy atom. The number of nitrogens with zero attached hydrogens (tertiary/aromatic N) is 1. The van der Waals surface area contributed by atoms with E-state index in [1.54, 1.807) is 42.5 Å². The van der Waals surface area contributed by atoms with Crippen molar-refractivity contribution < 1.29 is 17.9 Å². The monoisotopic (exact) mass is 345 g/mol. The lowest BCUT2D eigenvalue weighted by molar-refractivity contribution is 0.394. The summed E-state index contributed by atoms with van der Waals surface area (Å²) in [4.78, 5) is 0.168. The second-order valence-corrected chi connectivity index (χ2v) is 6.83. The molecule has 0 amide bonds. The summed E-state index contributed by atoms with van der Waals surface area (Å²) in [5, 5.41) is 0. The van der Waals surface area contributed by atoms with Crippen LogP contribution in [-0.4, -0.2) is 22.6 Å². The highest BCUT2D eigenvalue weighted by molar-refractivity contribution is 7.93. The van der Waals surface area contributed by atoms with E-state index in [9.17, 15) is 8.42 Å². The van der Waals surface area contributed by atoms with Crippen molar-refractivity contribution in [1.82, 2.24) is 0 Å². The molecule has 0 saturated carbocycles. The summed E-state index contributed by atoms with van der Waals surface area (Å²) in [5.41, 5.74) is 3.86. The Morgan fingerprint density at radius 1 is 1.04 bits per heavy atom. The van der Waals surface area contributed by atoms with Gasteiger partial charge < -0.3 is 9.47 Å². The molecule has 2 rings (SSSR count). The zero-order chi connectivity index (χ0) is 17.7. The normalized spacial score (nSPS) is 10.6. The third-order valence-corrected chi connectivity index (χ3v) is 5.08. The molecule has 0 unspecified atom stereocenters. The molecule has 0 saturated heterocycles. The highest BCUT2D eigenvalue weighted by Gasteiger charge is 2.24. The Bertz CT molecular complexity index is 844. The summed E-state index contributed by atoms with van der Waals surface area (Å²) < 4.78 is 37.5. The molecule has 0 atom stereocenters. The second-order valence-electron chi connectivity index (χ2n) is 5.02. The van der Waals surface area contributed by atoms with Gasteiger partial charge in [-0.2, -0.15) is 0 Å². The van der Waals surface area contributed by atoms with Gasteiger partial charge >= 0.3 is 0 Å². The van der Waals surface area contributed by atoms with Crippen LogP contribution in [0.4, 0.5) is 5.69 Å². The van der Waals surface area contributed by atoms with Crippen LogP contribution < -0.4 is 13.8 Å². The molecule has 2 aromatic rings. The first-order valence-corrected chi connectivity index (χ1v) is 8.56. The summed E-state index contributed by atoms with van der Waals surface area (Å²) in [7, 11) is -0.817. The number of hydrogen-bond acceptors (Lipinski definition) is 4. The molecule has 6 heteroatoms. The van der Waals surface area contributed by atoms with E-state index >= 15 is 0 Å². The number of aryl methyl sites for hydroxylation is 1. The first-order chi connectivity index (χ1) is 11.4. The molecule has 126 valence electrons. The summed E-state index contributed by atoms with van der Waals surface area (Å²) >= 11 is 0. The SMILES string of the molecule is C=C=CN(c1cc(OC)cc(OC)c1)S(=O)(=O)c1ccc(C)cc1. The third-order valence-electron chi connectivity index (χ3n) is 3.38. The maximum absolute atomic E-state index is 13.0. The molecule has 0 spiro atoms. The van der Waals surface area contributed by atoms with Crippen LogP contribution in [0, 0.1) is 6.92 Å². The van der Waals surface area contributed by atoms with E-state index in [-0.39, 0.29) is 4.90 Å². The Balaban J connectivity index is 2.61. The molecular weight excluding hydrogens is 326 g/mol. The minimum atomic E-state index is -3.82. The lowest BCUT2D eigenvalue weighted by atomic mass is 10.2. The van der Waals surface area contributed by atoms with Crippen LogP contribution in [0.5, 0.6) is 11.5 Å². The Kier molecular flexibility index (Phi) is 5.34. The van der Waals surface area contributed by atoms with E-state index in [0.717, 1.165) is 9.87 Å². The lowest BCUT2D eigenvalue weighted by Gasteiger charge is -2.21. The van der Waals surface area contributed by atoms with Gasteiger partial charge in [-0.1, -0.05) is 24.3 Å².